The first-order chi connectivity index (χ1) is 9.06. The van der Waals surface area contributed by atoms with E-state index in [2.05, 4.69) is 25.7 Å². The fourth-order valence-corrected chi connectivity index (χ4v) is 2.43. The SMILES string of the molecule is CCN1CC(C(C)C)Oc2ccc(C(=O)CCl)cc21. The highest BCUT2D eigenvalue weighted by Gasteiger charge is 2.27. The average molecular weight is 282 g/mol. The molecular formula is C15H20ClNO2. The zero-order valence-electron chi connectivity index (χ0n) is 11.6. The maximum atomic E-state index is 11.7. The molecule has 1 unspecified atom stereocenters. The number of hydrogen-bond acceptors (Lipinski definition) is 3. The summed E-state index contributed by atoms with van der Waals surface area (Å²) < 4.78 is 6.01. The summed E-state index contributed by atoms with van der Waals surface area (Å²) in [5.41, 5.74) is 1.65. The van der Waals surface area contributed by atoms with E-state index in [0.717, 1.165) is 24.5 Å². The zero-order valence-corrected chi connectivity index (χ0v) is 12.4. The van der Waals surface area contributed by atoms with E-state index in [9.17, 15) is 4.79 Å². The largest absolute Gasteiger partial charge is 0.486 e. The number of ketones is 1. The summed E-state index contributed by atoms with van der Waals surface area (Å²) in [6, 6.07) is 5.56. The molecule has 0 aromatic heterocycles. The van der Waals surface area contributed by atoms with Crippen LogP contribution in [0.25, 0.3) is 0 Å². The number of nitrogens with zero attached hydrogens (tertiary/aromatic N) is 1. The third-order valence-corrected chi connectivity index (χ3v) is 3.79. The number of ether oxygens (including phenoxy) is 1. The number of hydrogen-bond donors (Lipinski definition) is 0. The third kappa shape index (κ3) is 2.86. The second kappa shape index (κ2) is 5.83. The first-order valence-corrected chi connectivity index (χ1v) is 7.25. The molecule has 1 aromatic carbocycles. The van der Waals surface area contributed by atoms with Crippen LogP contribution in [0.2, 0.25) is 0 Å². The lowest BCUT2D eigenvalue weighted by Crippen LogP contribution is -2.42. The Hall–Kier alpha value is -1.22. The van der Waals surface area contributed by atoms with Gasteiger partial charge in [0.25, 0.3) is 0 Å². The number of benzene rings is 1. The third-order valence-electron chi connectivity index (χ3n) is 3.55. The van der Waals surface area contributed by atoms with Crippen LogP contribution in [0, 0.1) is 5.92 Å². The van der Waals surface area contributed by atoms with Crippen molar-refractivity contribution in [1.82, 2.24) is 0 Å². The minimum atomic E-state index is -0.0495. The van der Waals surface area contributed by atoms with Gasteiger partial charge >= 0.3 is 0 Å². The van der Waals surface area contributed by atoms with Crippen LogP contribution in [-0.4, -0.2) is 30.9 Å². The van der Waals surface area contributed by atoms with Crippen molar-refractivity contribution in [2.45, 2.75) is 26.9 Å². The Kier molecular flexibility index (Phi) is 4.35. The Morgan fingerprint density at radius 1 is 1.53 bits per heavy atom. The summed E-state index contributed by atoms with van der Waals surface area (Å²) in [7, 11) is 0. The molecule has 0 N–H and O–H groups in total. The van der Waals surface area contributed by atoms with Gasteiger partial charge in [0.1, 0.15) is 11.9 Å². The maximum absolute atomic E-state index is 11.7. The van der Waals surface area contributed by atoms with E-state index < -0.39 is 0 Å². The molecule has 0 radical (unpaired) electrons. The lowest BCUT2D eigenvalue weighted by molar-refractivity contribution is 0.102. The van der Waals surface area contributed by atoms with Gasteiger partial charge in [0.15, 0.2) is 5.78 Å². The van der Waals surface area contributed by atoms with E-state index in [1.165, 1.54) is 0 Å². The van der Waals surface area contributed by atoms with Crippen LogP contribution in [0.5, 0.6) is 5.75 Å². The molecule has 1 atom stereocenters. The minimum Gasteiger partial charge on any atom is -0.486 e. The van der Waals surface area contributed by atoms with Gasteiger partial charge in [0.05, 0.1) is 18.1 Å². The molecule has 0 bridgehead atoms. The van der Waals surface area contributed by atoms with E-state index in [0.29, 0.717) is 11.5 Å². The highest BCUT2D eigenvalue weighted by Crippen LogP contribution is 2.35. The van der Waals surface area contributed by atoms with Crippen LogP contribution in [-0.2, 0) is 0 Å². The van der Waals surface area contributed by atoms with Crippen LogP contribution < -0.4 is 9.64 Å². The number of carbonyl (C=O) groups excluding carboxylic acids is 1. The van der Waals surface area contributed by atoms with Gasteiger partial charge in [-0.15, -0.1) is 11.6 Å². The fourth-order valence-electron chi connectivity index (χ4n) is 2.28. The van der Waals surface area contributed by atoms with Crippen molar-refractivity contribution in [3.8, 4) is 5.75 Å². The van der Waals surface area contributed by atoms with Crippen LogP contribution in [0.3, 0.4) is 0 Å². The van der Waals surface area contributed by atoms with Crippen molar-refractivity contribution in [3.05, 3.63) is 23.8 Å². The Bertz CT molecular complexity index is 473. The first-order valence-electron chi connectivity index (χ1n) is 6.71. The van der Waals surface area contributed by atoms with E-state index in [4.69, 9.17) is 16.3 Å². The molecule has 2 rings (SSSR count). The zero-order chi connectivity index (χ0) is 14.0. The molecule has 0 fully saturated rings. The van der Waals surface area contributed by atoms with Gasteiger partial charge in [-0.1, -0.05) is 13.8 Å². The Labute approximate surface area is 119 Å². The lowest BCUT2D eigenvalue weighted by Gasteiger charge is -2.37. The van der Waals surface area contributed by atoms with Crippen molar-refractivity contribution in [1.29, 1.82) is 0 Å². The minimum absolute atomic E-state index is 0.0143. The number of halogens is 1. The molecule has 1 aromatic rings. The number of rotatable bonds is 4. The Morgan fingerprint density at radius 2 is 2.26 bits per heavy atom. The van der Waals surface area contributed by atoms with Crippen molar-refractivity contribution in [2.75, 3.05) is 23.9 Å². The summed E-state index contributed by atoms with van der Waals surface area (Å²) in [6.07, 6.45) is 0.196. The molecule has 4 heteroatoms. The predicted molar refractivity (Wildman–Crippen MR) is 78.6 cm³/mol. The van der Waals surface area contributed by atoms with Crippen LogP contribution in [0.15, 0.2) is 18.2 Å². The molecule has 1 heterocycles. The number of fused-ring (bicyclic) bond motifs is 1. The molecule has 0 amide bonds. The summed E-state index contributed by atoms with van der Waals surface area (Å²) in [6.45, 7) is 8.20. The van der Waals surface area contributed by atoms with Crippen LogP contribution >= 0.6 is 11.6 Å². The molecule has 1 aliphatic heterocycles. The van der Waals surface area contributed by atoms with E-state index >= 15 is 0 Å². The maximum Gasteiger partial charge on any atom is 0.177 e. The smallest absolute Gasteiger partial charge is 0.177 e. The summed E-state index contributed by atoms with van der Waals surface area (Å²) >= 11 is 5.61. The highest BCUT2D eigenvalue weighted by molar-refractivity contribution is 6.30. The monoisotopic (exact) mass is 281 g/mol. The molecule has 1 aliphatic rings. The number of carbonyl (C=O) groups is 1. The van der Waals surface area contributed by atoms with Crippen molar-refractivity contribution in [2.24, 2.45) is 5.92 Å². The van der Waals surface area contributed by atoms with E-state index in [1.54, 1.807) is 6.07 Å². The van der Waals surface area contributed by atoms with Gasteiger partial charge in [-0.05, 0) is 31.0 Å². The van der Waals surface area contributed by atoms with E-state index in [-0.39, 0.29) is 17.8 Å². The topological polar surface area (TPSA) is 29.5 Å². The van der Waals surface area contributed by atoms with Gasteiger partial charge in [0.2, 0.25) is 0 Å². The number of Topliss-reactive ketones (excluding diaryl/α,β-unsaturated/α-hetero) is 1. The Balaban J connectivity index is 2.35. The summed E-state index contributed by atoms with van der Waals surface area (Å²) in [4.78, 5) is 13.9. The summed E-state index contributed by atoms with van der Waals surface area (Å²) in [5.74, 6) is 1.29. The van der Waals surface area contributed by atoms with Gasteiger partial charge < -0.3 is 9.64 Å². The first kappa shape index (κ1) is 14.2. The fraction of sp³-hybridized carbons (Fsp3) is 0.533. The second-order valence-electron chi connectivity index (χ2n) is 5.18. The number of likely N-dealkylation sites (N-methyl/N-ethyl adjacent to an activating group) is 1. The standard InChI is InChI=1S/C15H20ClNO2/c1-4-17-9-15(10(2)3)19-14-6-5-11(7-12(14)17)13(18)8-16/h5-7,10,15H,4,8-9H2,1-3H3. The van der Waals surface area contributed by atoms with Gasteiger partial charge in [0, 0.05) is 12.1 Å². The lowest BCUT2D eigenvalue weighted by atomic mass is 10.0. The quantitative estimate of drug-likeness (QED) is 0.626. The number of alkyl halides is 1. The molecule has 0 spiro atoms. The highest BCUT2D eigenvalue weighted by atomic mass is 35.5. The van der Waals surface area contributed by atoms with Gasteiger partial charge in [-0.2, -0.15) is 0 Å². The molecule has 0 saturated carbocycles. The molecular weight excluding hydrogens is 262 g/mol. The van der Waals surface area contributed by atoms with Crippen molar-refractivity contribution in [3.63, 3.8) is 0 Å². The molecule has 0 saturated heterocycles. The van der Waals surface area contributed by atoms with Gasteiger partial charge in [-0.25, -0.2) is 0 Å². The molecule has 0 aliphatic carbocycles. The molecule has 3 nitrogen and oxygen atoms in total. The average Bonchev–Trinajstić information content (AvgIpc) is 2.44. The molecule has 19 heavy (non-hydrogen) atoms. The molecule has 104 valence electrons. The van der Waals surface area contributed by atoms with Crippen LogP contribution in [0.4, 0.5) is 5.69 Å². The number of anilines is 1. The summed E-state index contributed by atoms with van der Waals surface area (Å²) in [5, 5.41) is 0. The van der Waals surface area contributed by atoms with E-state index in [1.807, 2.05) is 12.1 Å². The predicted octanol–water partition coefficient (Wildman–Crippen LogP) is 3.35. The normalized spacial score (nSPS) is 18.2. The van der Waals surface area contributed by atoms with Crippen molar-refractivity contribution < 1.29 is 9.53 Å². The second-order valence-corrected chi connectivity index (χ2v) is 5.45. The Morgan fingerprint density at radius 3 is 2.84 bits per heavy atom. The van der Waals surface area contributed by atoms with Crippen LogP contribution in [0.1, 0.15) is 31.1 Å². The van der Waals surface area contributed by atoms with Gasteiger partial charge in [-0.3, -0.25) is 4.79 Å². The van der Waals surface area contributed by atoms with Crippen molar-refractivity contribution >= 4 is 23.1 Å².